The van der Waals surface area contributed by atoms with Gasteiger partial charge in [-0.15, -0.1) is 0 Å². The van der Waals surface area contributed by atoms with Crippen molar-refractivity contribution in [2.24, 2.45) is 22.7 Å². The van der Waals surface area contributed by atoms with E-state index in [-0.39, 0.29) is 0 Å². The zero-order valence-electron chi connectivity index (χ0n) is 14.3. The van der Waals surface area contributed by atoms with Crippen LogP contribution in [-0.4, -0.2) is 0 Å². The molecule has 1 aliphatic carbocycles. The Morgan fingerprint density at radius 1 is 1.00 bits per heavy atom. The van der Waals surface area contributed by atoms with E-state index in [1.54, 1.807) is 0 Å². The molecule has 19 heavy (non-hydrogen) atoms. The van der Waals surface area contributed by atoms with E-state index in [0.29, 0.717) is 10.8 Å². The van der Waals surface area contributed by atoms with E-state index < -0.39 is 0 Å². The fourth-order valence-corrected chi connectivity index (χ4v) is 3.65. The number of rotatable bonds is 0. The molecule has 0 saturated heterocycles. The van der Waals surface area contributed by atoms with Crippen molar-refractivity contribution in [2.75, 3.05) is 0 Å². The molecule has 0 spiro atoms. The van der Waals surface area contributed by atoms with Gasteiger partial charge in [-0.3, -0.25) is 0 Å². The first-order valence-corrected chi connectivity index (χ1v) is 7.87. The number of hydrogen-bond acceptors (Lipinski definition) is 0. The van der Waals surface area contributed by atoms with Gasteiger partial charge in [0.1, 0.15) is 0 Å². The predicted molar refractivity (Wildman–Crippen MR) is 87.3 cm³/mol. The number of hydrogen-bond donors (Lipinski definition) is 0. The van der Waals surface area contributed by atoms with Crippen molar-refractivity contribution in [3.05, 3.63) is 23.8 Å². The van der Waals surface area contributed by atoms with Crippen molar-refractivity contribution < 1.29 is 0 Å². The van der Waals surface area contributed by atoms with Gasteiger partial charge in [0.15, 0.2) is 0 Å². The first-order chi connectivity index (χ1) is 8.51. The minimum atomic E-state index is 0.354. The molecule has 0 N–H and O–H groups in total. The van der Waals surface area contributed by atoms with Gasteiger partial charge >= 0.3 is 0 Å². The van der Waals surface area contributed by atoms with Crippen LogP contribution in [0.3, 0.4) is 0 Å². The third-order valence-electron chi connectivity index (χ3n) is 4.73. The van der Waals surface area contributed by atoms with Crippen molar-refractivity contribution >= 4 is 0 Å². The summed E-state index contributed by atoms with van der Waals surface area (Å²) in [6.07, 6.45) is 7.41. The van der Waals surface area contributed by atoms with Crippen molar-refractivity contribution in [3.8, 4) is 0 Å². The SMILES string of the molecule is C=C1/C=C(/C)CCCC(C(C)(C)C)C(C(C)(C)C)C1. The summed E-state index contributed by atoms with van der Waals surface area (Å²) in [7, 11) is 0. The van der Waals surface area contributed by atoms with Gasteiger partial charge in [0.05, 0.1) is 0 Å². The van der Waals surface area contributed by atoms with E-state index in [4.69, 9.17) is 0 Å². The maximum absolute atomic E-state index is 4.31. The van der Waals surface area contributed by atoms with Crippen LogP contribution >= 0.6 is 0 Å². The van der Waals surface area contributed by atoms with Crippen molar-refractivity contribution in [1.82, 2.24) is 0 Å². The Kier molecular flexibility index (Phi) is 5.09. The second-order valence-corrected chi connectivity index (χ2v) is 8.69. The molecule has 1 rings (SSSR count). The summed E-state index contributed by atoms with van der Waals surface area (Å²) in [5, 5.41) is 0. The summed E-state index contributed by atoms with van der Waals surface area (Å²) < 4.78 is 0. The highest BCUT2D eigenvalue weighted by Gasteiger charge is 2.38. The van der Waals surface area contributed by atoms with Crippen LogP contribution in [0, 0.1) is 22.7 Å². The van der Waals surface area contributed by atoms with Crippen LogP contribution in [0.25, 0.3) is 0 Å². The Morgan fingerprint density at radius 3 is 2.00 bits per heavy atom. The van der Waals surface area contributed by atoms with Gasteiger partial charge in [-0.25, -0.2) is 0 Å². The Balaban J connectivity index is 3.10. The zero-order chi connectivity index (χ0) is 14.8. The van der Waals surface area contributed by atoms with Gasteiger partial charge in [0, 0.05) is 0 Å². The topological polar surface area (TPSA) is 0 Å². The molecule has 0 fully saturated rings. The maximum atomic E-state index is 4.31. The lowest BCUT2D eigenvalue weighted by Gasteiger charge is -2.44. The van der Waals surface area contributed by atoms with Crippen molar-refractivity contribution in [1.29, 1.82) is 0 Å². The molecule has 0 heteroatoms. The third kappa shape index (κ3) is 4.82. The lowest BCUT2D eigenvalue weighted by molar-refractivity contribution is 0.0636. The second kappa shape index (κ2) is 5.85. The molecule has 0 bridgehead atoms. The molecule has 1 aliphatic rings. The molecule has 0 aliphatic heterocycles. The normalized spacial score (nSPS) is 30.1. The van der Waals surface area contributed by atoms with Crippen LogP contribution in [0.2, 0.25) is 0 Å². The first kappa shape index (κ1) is 16.5. The molecular weight excluding hydrogens is 228 g/mol. The minimum Gasteiger partial charge on any atom is -0.0958 e. The van der Waals surface area contributed by atoms with Gasteiger partial charge in [0.2, 0.25) is 0 Å². The van der Waals surface area contributed by atoms with Crippen LogP contribution in [0.1, 0.15) is 74.1 Å². The summed E-state index contributed by atoms with van der Waals surface area (Å²) in [6.45, 7) is 21.0. The van der Waals surface area contributed by atoms with Gasteiger partial charge in [-0.2, -0.15) is 0 Å². The quantitative estimate of drug-likeness (QED) is 0.474. The predicted octanol–water partition coefficient (Wildman–Crippen LogP) is 6.39. The minimum absolute atomic E-state index is 0.354. The molecule has 0 nitrogen and oxygen atoms in total. The lowest BCUT2D eigenvalue weighted by Crippen LogP contribution is -2.36. The highest BCUT2D eigenvalue weighted by molar-refractivity contribution is 5.21. The smallest absolute Gasteiger partial charge is 0.0248 e. The molecule has 0 aromatic heterocycles. The molecular formula is C19H34. The van der Waals surface area contributed by atoms with E-state index >= 15 is 0 Å². The lowest BCUT2D eigenvalue weighted by atomic mass is 9.61. The van der Waals surface area contributed by atoms with E-state index in [2.05, 4.69) is 61.1 Å². The number of allylic oxidation sites excluding steroid dienone is 3. The summed E-state index contributed by atoms with van der Waals surface area (Å²) >= 11 is 0. The Hall–Kier alpha value is -0.520. The van der Waals surface area contributed by atoms with Gasteiger partial charge < -0.3 is 0 Å². The highest BCUT2D eigenvalue weighted by atomic mass is 14.4. The Morgan fingerprint density at radius 2 is 1.53 bits per heavy atom. The largest absolute Gasteiger partial charge is 0.0958 e. The molecule has 0 heterocycles. The molecule has 2 unspecified atom stereocenters. The average Bonchev–Trinajstić information content (AvgIpc) is 2.24. The van der Waals surface area contributed by atoms with E-state index in [9.17, 15) is 0 Å². The van der Waals surface area contributed by atoms with E-state index in [1.807, 2.05) is 0 Å². The fourth-order valence-electron chi connectivity index (χ4n) is 3.65. The summed E-state index contributed by atoms with van der Waals surface area (Å²) in [4.78, 5) is 0. The summed E-state index contributed by atoms with van der Waals surface area (Å²) in [5.41, 5.74) is 3.57. The highest BCUT2D eigenvalue weighted by Crippen LogP contribution is 2.47. The third-order valence-corrected chi connectivity index (χ3v) is 4.73. The van der Waals surface area contributed by atoms with Crippen molar-refractivity contribution in [2.45, 2.75) is 74.1 Å². The van der Waals surface area contributed by atoms with Gasteiger partial charge in [-0.05, 0) is 55.3 Å². The Labute approximate surface area is 121 Å². The molecule has 0 aromatic rings. The van der Waals surface area contributed by atoms with Crippen LogP contribution in [-0.2, 0) is 0 Å². The average molecular weight is 262 g/mol. The molecule has 110 valence electrons. The molecule has 0 aromatic carbocycles. The first-order valence-electron chi connectivity index (χ1n) is 7.87. The molecule has 0 saturated carbocycles. The Bertz CT molecular complexity index is 343. The van der Waals surface area contributed by atoms with E-state index in [0.717, 1.165) is 18.3 Å². The van der Waals surface area contributed by atoms with Gasteiger partial charge in [-0.1, -0.05) is 65.3 Å². The monoisotopic (exact) mass is 262 g/mol. The summed E-state index contributed by atoms with van der Waals surface area (Å²) in [5.74, 6) is 1.51. The zero-order valence-corrected chi connectivity index (χ0v) is 14.3. The standard InChI is InChI=1S/C19H34/c1-14-10-9-11-16(18(3,4)5)17(19(6,7)8)13-15(2)12-14/h12,16-17H,2,9-11,13H2,1,3-8H3/b14-12-. The fraction of sp³-hybridized carbons (Fsp3) is 0.789. The van der Waals surface area contributed by atoms with Crippen LogP contribution in [0.4, 0.5) is 0 Å². The summed E-state index contributed by atoms with van der Waals surface area (Å²) in [6, 6.07) is 0. The van der Waals surface area contributed by atoms with Crippen molar-refractivity contribution in [3.63, 3.8) is 0 Å². The van der Waals surface area contributed by atoms with Crippen LogP contribution in [0.15, 0.2) is 23.8 Å². The maximum Gasteiger partial charge on any atom is -0.0248 e. The molecule has 2 atom stereocenters. The van der Waals surface area contributed by atoms with Gasteiger partial charge in [0.25, 0.3) is 0 Å². The van der Waals surface area contributed by atoms with Crippen LogP contribution in [0.5, 0.6) is 0 Å². The second-order valence-electron chi connectivity index (χ2n) is 8.69. The van der Waals surface area contributed by atoms with E-state index in [1.165, 1.54) is 30.4 Å². The van der Waals surface area contributed by atoms with Crippen LogP contribution < -0.4 is 0 Å². The molecule has 0 radical (unpaired) electrons. The molecule has 0 amide bonds.